The lowest BCUT2D eigenvalue weighted by Gasteiger charge is -2.16. The lowest BCUT2D eigenvalue weighted by Crippen LogP contribution is -2.30. The van der Waals surface area contributed by atoms with E-state index in [0.717, 1.165) is 11.1 Å². The van der Waals surface area contributed by atoms with Gasteiger partial charge in [-0.05, 0) is 35.4 Å². The summed E-state index contributed by atoms with van der Waals surface area (Å²) >= 11 is 5.95. The van der Waals surface area contributed by atoms with E-state index in [1.165, 1.54) is 4.90 Å². The molecule has 0 aliphatic carbocycles. The van der Waals surface area contributed by atoms with Crippen molar-refractivity contribution in [3.8, 4) is 5.75 Å². The van der Waals surface area contributed by atoms with Gasteiger partial charge in [0.25, 0.3) is 0 Å². The minimum Gasteiger partial charge on any atom is -0.489 e. The van der Waals surface area contributed by atoms with Gasteiger partial charge in [0.05, 0.1) is 12.8 Å². The summed E-state index contributed by atoms with van der Waals surface area (Å²) in [7, 11) is 1.60. The van der Waals surface area contributed by atoms with Crippen LogP contribution in [0.25, 0.3) is 0 Å². The molecule has 132 valence electrons. The lowest BCUT2D eigenvalue weighted by molar-refractivity contribution is -0.138. The molecule has 0 bridgehead atoms. The largest absolute Gasteiger partial charge is 0.489 e. The highest BCUT2D eigenvalue weighted by Crippen LogP contribution is 2.17. The highest BCUT2D eigenvalue weighted by molar-refractivity contribution is 6.30. The fourth-order valence-corrected chi connectivity index (χ4v) is 2.45. The third-order valence-electron chi connectivity index (χ3n) is 3.64. The monoisotopic (exact) mass is 361 g/mol. The SMILES string of the molecule is CN(CCC(=O)O)C(=O)Cc1cccc(OCc2cccc(Cl)c2)c1. The molecule has 0 aliphatic heterocycles. The van der Waals surface area contributed by atoms with E-state index in [9.17, 15) is 9.59 Å². The summed E-state index contributed by atoms with van der Waals surface area (Å²) in [5.74, 6) is -0.386. The maximum absolute atomic E-state index is 12.1. The predicted octanol–water partition coefficient (Wildman–Crippen LogP) is 3.39. The van der Waals surface area contributed by atoms with Crippen molar-refractivity contribution in [2.75, 3.05) is 13.6 Å². The molecule has 0 fully saturated rings. The molecular weight excluding hydrogens is 342 g/mol. The van der Waals surface area contributed by atoms with E-state index in [4.69, 9.17) is 21.4 Å². The molecule has 2 aromatic rings. The van der Waals surface area contributed by atoms with Gasteiger partial charge in [-0.15, -0.1) is 0 Å². The van der Waals surface area contributed by atoms with Gasteiger partial charge in [0.1, 0.15) is 12.4 Å². The summed E-state index contributed by atoms with van der Waals surface area (Å²) in [5, 5.41) is 9.33. The zero-order chi connectivity index (χ0) is 18.2. The summed E-state index contributed by atoms with van der Waals surface area (Å²) in [4.78, 5) is 24.1. The molecule has 0 radical (unpaired) electrons. The molecule has 25 heavy (non-hydrogen) atoms. The van der Waals surface area contributed by atoms with Gasteiger partial charge in [0, 0.05) is 18.6 Å². The standard InChI is InChI=1S/C19H20ClNO4/c1-21(9-8-19(23)24)18(22)12-14-4-3-7-17(11-14)25-13-15-5-2-6-16(20)10-15/h2-7,10-11H,8-9,12-13H2,1H3,(H,23,24). The van der Waals surface area contributed by atoms with E-state index in [2.05, 4.69) is 0 Å². The van der Waals surface area contributed by atoms with Crippen molar-refractivity contribution in [1.29, 1.82) is 0 Å². The average molecular weight is 362 g/mol. The van der Waals surface area contributed by atoms with Crippen LogP contribution in [0, 0.1) is 0 Å². The number of carboxylic acid groups (broad SMARTS) is 1. The Morgan fingerprint density at radius 2 is 1.84 bits per heavy atom. The molecule has 0 aliphatic rings. The lowest BCUT2D eigenvalue weighted by atomic mass is 10.1. The molecule has 0 aromatic heterocycles. The topological polar surface area (TPSA) is 66.8 Å². The van der Waals surface area contributed by atoms with Gasteiger partial charge in [-0.1, -0.05) is 35.9 Å². The number of hydrogen-bond acceptors (Lipinski definition) is 3. The number of nitrogens with zero attached hydrogens (tertiary/aromatic N) is 1. The molecule has 0 saturated carbocycles. The van der Waals surface area contributed by atoms with Crippen LogP contribution < -0.4 is 4.74 Å². The molecule has 5 nitrogen and oxygen atoms in total. The van der Waals surface area contributed by atoms with Gasteiger partial charge in [-0.3, -0.25) is 9.59 Å². The third-order valence-corrected chi connectivity index (χ3v) is 3.87. The number of likely N-dealkylation sites (N-methyl/N-ethyl adjacent to an activating group) is 1. The van der Waals surface area contributed by atoms with Crippen LogP contribution in [-0.2, 0) is 22.6 Å². The van der Waals surface area contributed by atoms with Gasteiger partial charge in [-0.25, -0.2) is 0 Å². The van der Waals surface area contributed by atoms with E-state index in [1.807, 2.05) is 42.5 Å². The summed E-state index contributed by atoms with van der Waals surface area (Å²) < 4.78 is 5.75. The van der Waals surface area contributed by atoms with Crippen LogP contribution in [0.1, 0.15) is 17.5 Å². The number of carbonyl (C=O) groups excluding carboxylic acids is 1. The van der Waals surface area contributed by atoms with E-state index < -0.39 is 5.97 Å². The highest BCUT2D eigenvalue weighted by Gasteiger charge is 2.11. The number of carbonyl (C=O) groups is 2. The molecule has 0 atom stereocenters. The Kier molecular flexibility index (Phi) is 6.83. The quantitative estimate of drug-likeness (QED) is 0.782. The summed E-state index contributed by atoms with van der Waals surface area (Å²) in [6, 6.07) is 14.7. The van der Waals surface area contributed by atoms with Gasteiger partial charge in [0.15, 0.2) is 0 Å². The fourth-order valence-electron chi connectivity index (χ4n) is 2.24. The molecule has 0 unspecified atom stereocenters. The van der Waals surface area contributed by atoms with Gasteiger partial charge < -0.3 is 14.7 Å². The Hall–Kier alpha value is -2.53. The van der Waals surface area contributed by atoms with Gasteiger partial charge in [-0.2, -0.15) is 0 Å². The minimum atomic E-state index is -0.920. The first-order chi connectivity index (χ1) is 11.9. The zero-order valence-electron chi connectivity index (χ0n) is 13.9. The van der Waals surface area contributed by atoms with Crippen molar-refractivity contribution >= 4 is 23.5 Å². The number of benzene rings is 2. The second-order valence-corrected chi connectivity index (χ2v) is 6.14. The number of amides is 1. The fraction of sp³-hybridized carbons (Fsp3) is 0.263. The van der Waals surface area contributed by atoms with Crippen LogP contribution >= 0.6 is 11.6 Å². The molecule has 2 aromatic carbocycles. The van der Waals surface area contributed by atoms with Crippen LogP contribution in [0.3, 0.4) is 0 Å². The summed E-state index contributed by atoms with van der Waals surface area (Å²) in [5.41, 5.74) is 1.78. The Labute approximate surface area is 151 Å². The predicted molar refractivity (Wildman–Crippen MR) is 95.8 cm³/mol. The Morgan fingerprint density at radius 1 is 1.12 bits per heavy atom. The number of halogens is 1. The molecule has 0 saturated heterocycles. The molecule has 0 heterocycles. The van der Waals surface area contributed by atoms with Crippen molar-refractivity contribution in [2.24, 2.45) is 0 Å². The van der Waals surface area contributed by atoms with Crippen molar-refractivity contribution in [3.05, 3.63) is 64.7 Å². The van der Waals surface area contributed by atoms with Crippen LogP contribution in [0.4, 0.5) is 0 Å². The smallest absolute Gasteiger partial charge is 0.305 e. The molecule has 2 rings (SSSR count). The van der Waals surface area contributed by atoms with Crippen molar-refractivity contribution in [2.45, 2.75) is 19.4 Å². The van der Waals surface area contributed by atoms with Crippen molar-refractivity contribution < 1.29 is 19.4 Å². The minimum absolute atomic E-state index is 0.0645. The van der Waals surface area contributed by atoms with Gasteiger partial charge in [0.2, 0.25) is 5.91 Å². The second-order valence-electron chi connectivity index (χ2n) is 5.70. The Morgan fingerprint density at radius 3 is 2.56 bits per heavy atom. The van der Waals surface area contributed by atoms with Gasteiger partial charge >= 0.3 is 5.97 Å². The second kappa shape index (κ2) is 9.08. The van der Waals surface area contributed by atoms with Crippen molar-refractivity contribution in [3.63, 3.8) is 0 Å². The maximum atomic E-state index is 12.1. The Balaban J connectivity index is 1.91. The molecule has 6 heteroatoms. The van der Waals surface area contributed by atoms with Crippen molar-refractivity contribution in [1.82, 2.24) is 4.90 Å². The first-order valence-corrected chi connectivity index (χ1v) is 8.24. The number of carboxylic acids is 1. The van der Waals surface area contributed by atoms with Crippen LogP contribution in [0.15, 0.2) is 48.5 Å². The molecule has 0 spiro atoms. The van der Waals surface area contributed by atoms with E-state index in [-0.39, 0.29) is 25.3 Å². The van der Waals surface area contributed by atoms with E-state index >= 15 is 0 Å². The van der Waals surface area contributed by atoms with Crippen LogP contribution in [0.5, 0.6) is 5.75 Å². The zero-order valence-corrected chi connectivity index (χ0v) is 14.7. The first-order valence-electron chi connectivity index (χ1n) is 7.86. The number of hydrogen-bond donors (Lipinski definition) is 1. The first kappa shape index (κ1) is 18.8. The molecule has 1 amide bonds. The molecular formula is C19H20ClNO4. The Bertz CT molecular complexity index is 748. The van der Waals surface area contributed by atoms with E-state index in [0.29, 0.717) is 17.4 Å². The number of aliphatic carboxylic acids is 1. The highest BCUT2D eigenvalue weighted by atomic mass is 35.5. The molecule has 1 N–H and O–H groups in total. The third kappa shape index (κ3) is 6.47. The van der Waals surface area contributed by atoms with Crippen LogP contribution in [-0.4, -0.2) is 35.5 Å². The normalized spacial score (nSPS) is 10.3. The van der Waals surface area contributed by atoms with E-state index in [1.54, 1.807) is 13.1 Å². The summed E-state index contributed by atoms with van der Waals surface area (Å²) in [6.45, 7) is 0.579. The number of ether oxygens (including phenoxy) is 1. The maximum Gasteiger partial charge on any atom is 0.305 e. The summed E-state index contributed by atoms with van der Waals surface area (Å²) in [6.07, 6.45) is 0.134. The number of rotatable bonds is 8. The average Bonchev–Trinajstić information content (AvgIpc) is 2.58. The van der Waals surface area contributed by atoms with Crippen LogP contribution in [0.2, 0.25) is 5.02 Å².